The average molecular weight is 399 g/mol. The van der Waals surface area contributed by atoms with E-state index in [0.29, 0.717) is 22.2 Å². The molecule has 0 aliphatic rings. The lowest BCUT2D eigenvalue weighted by Crippen LogP contribution is -2.15. The fourth-order valence-corrected chi connectivity index (χ4v) is 4.22. The zero-order chi connectivity index (χ0) is 19.1. The molecule has 0 saturated carbocycles. The lowest BCUT2D eigenvalue weighted by atomic mass is 10.2. The first-order valence-electron chi connectivity index (χ1n) is 7.31. The van der Waals surface area contributed by atoms with Crippen molar-refractivity contribution in [1.82, 2.24) is 3.97 Å². The number of halogens is 1. The van der Waals surface area contributed by atoms with Crippen LogP contribution in [0.15, 0.2) is 47.5 Å². The fraction of sp³-hybridized carbons (Fsp3) is 0.125. The first kappa shape index (κ1) is 18.5. The summed E-state index contributed by atoms with van der Waals surface area (Å²) in [5, 5.41) is 28.2. The second-order valence-electron chi connectivity index (χ2n) is 5.40. The Morgan fingerprint density at radius 3 is 2.54 bits per heavy atom. The summed E-state index contributed by atoms with van der Waals surface area (Å²) in [7, 11) is -2.61. The monoisotopic (exact) mass is 398 g/mol. The third-order valence-corrected chi connectivity index (χ3v) is 5.91. The van der Waals surface area contributed by atoms with E-state index in [1.54, 1.807) is 18.2 Å². The van der Waals surface area contributed by atoms with Gasteiger partial charge in [0.15, 0.2) is 0 Å². The van der Waals surface area contributed by atoms with Crippen LogP contribution in [0.4, 0.5) is 5.69 Å². The van der Waals surface area contributed by atoms with Crippen molar-refractivity contribution in [3.8, 4) is 5.75 Å². The molecule has 1 aromatic heterocycles. The van der Waals surface area contributed by atoms with Gasteiger partial charge in [-0.05, 0) is 36.4 Å². The molecule has 0 aliphatic carbocycles. The largest absolute Gasteiger partial charge is 0.497 e. The van der Waals surface area contributed by atoms with Crippen LogP contribution in [0, 0.1) is 0 Å². The van der Waals surface area contributed by atoms with E-state index in [9.17, 15) is 23.9 Å². The maximum Gasteiger partial charge on any atom is 0.268 e. The smallest absolute Gasteiger partial charge is 0.268 e. The number of hydrogen-bond donors (Lipinski definition) is 3. The van der Waals surface area contributed by atoms with Crippen LogP contribution in [-0.2, 0) is 16.6 Å². The number of hydrogen-bond acceptors (Lipinski definition) is 7. The Hall–Kier alpha value is -2.30. The number of benzene rings is 2. The lowest BCUT2D eigenvalue weighted by molar-refractivity contribution is 0.0291. The maximum atomic E-state index is 13.0. The summed E-state index contributed by atoms with van der Waals surface area (Å²) in [4.78, 5) is -0.206. The Kier molecular flexibility index (Phi) is 4.82. The molecule has 2 aromatic carbocycles. The Bertz CT molecular complexity index is 1080. The molecule has 138 valence electrons. The van der Waals surface area contributed by atoms with Gasteiger partial charge in [-0.3, -0.25) is 10.4 Å². The summed E-state index contributed by atoms with van der Waals surface area (Å²) in [6.45, 7) is -0.362. The van der Waals surface area contributed by atoms with E-state index in [2.05, 4.69) is 0 Å². The highest BCUT2D eigenvalue weighted by atomic mass is 35.5. The zero-order valence-corrected chi connectivity index (χ0v) is 15.1. The number of methoxy groups -OCH3 is 1. The minimum atomic E-state index is -4.09. The van der Waals surface area contributed by atoms with E-state index in [1.165, 1.54) is 25.4 Å². The molecule has 0 fully saturated rings. The van der Waals surface area contributed by atoms with Gasteiger partial charge >= 0.3 is 0 Å². The Labute approximate surface area is 154 Å². The predicted molar refractivity (Wildman–Crippen MR) is 94.5 cm³/mol. The number of aromatic nitrogens is 1. The molecule has 0 atom stereocenters. The van der Waals surface area contributed by atoms with E-state index in [4.69, 9.17) is 16.3 Å². The Morgan fingerprint density at radius 2 is 1.92 bits per heavy atom. The minimum absolute atomic E-state index is 0.0351. The van der Waals surface area contributed by atoms with Gasteiger partial charge in [0, 0.05) is 17.1 Å². The van der Waals surface area contributed by atoms with E-state index >= 15 is 0 Å². The van der Waals surface area contributed by atoms with Gasteiger partial charge in [-0.2, -0.15) is 0 Å². The average Bonchev–Trinajstić information content (AvgIpc) is 3.00. The molecule has 26 heavy (non-hydrogen) atoms. The quantitative estimate of drug-likeness (QED) is 0.566. The number of aliphatic hydroxyl groups excluding tert-OH is 1. The summed E-state index contributed by atoms with van der Waals surface area (Å²) in [6.07, 6.45) is 1.31. The van der Waals surface area contributed by atoms with Crippen molar-refractivity contribution in [2.45, 2.75) is 11.5 Å². The van der Waals surface area contributed by atoms with Crippen molar-refractivity contribution >= 4 is 38.2 Å². The molecule has 3 rings (SSSR count). The lowest BCUT2D eigenvalue weighted by Gasteiger charge is -2.13. The molecule has 3 aromatic rings. The van der Waals surface area contributed by atoms with Crippen molar-refractivity contribution < 1.29 is 28.7 Å². The SMILES string of the molecule is COc1ccc2c(c1)c(CO)cn2S(=O)(=O)c1ccc(Cl)c(N(O)O)c1. The number of rotatable bonds is 5. The molecule has 1 heterocycles. The van der Waals surface area contributed by atoms with Gasteiger partial charge in [-0.15, -0.1) is 5.23 Å². The number of aliphatic hydroxyl groups is 1. The van der Waals surface area contributed by atoms with Crippen LogP contribution in [0.2, 0.25) is 5.02 Å². The first-order valence-corrected chi connectivity index (χ1v) is 9.13. The van der Waals surface area contributed by atoms with E-state index in [0.717, 1.165) is 10.0 Å². The molecule has 0 unspecified atom stereocenters. The van der Waals surface area contributed by atoms with Crippen molar-refractivity contribution in [1.29, 1.82) is 0 Å². The molecule has 0 saturated heterocycles. The molecule has 0 spiro atoms. The molecule has 3 N–H and O–H groups in total. The topological polar surface area (TPSA) is 112 Å². The fourth-order valence-electron chi connectivity index (χ4n) is 2.62. The highest BCUT2D eigenvalue weighted by Gasteiger charge is 2.23. The zero-order valence-electron chi connectivity index (χ0n) is 13.5. The van der Waals surface area contributed by atoms with Crippen LogP contribution in [0.3, 0.4) is 0 Å². The predicted octanol–water partition coefficient (Wildman–Crippen LogP) is 2.62. The van der Waals surface area contributed by atoms with Crippen LogP contribution >= 0.6 is 11.6 Å². The van der Waals surface area contributed by atoms with Gasteiger partial charge < -0.3 is 9.84 Å². The van der Waals surface area contributed by atoms with Gasteiger partial charge in [0.05, 0.1) is 29.2 Å². The highest BCUT2D eigenvalue weighted by Crippen LogP contribution is 2.32. The normalized spacial score (nSPS) is 11.7. The van der Waals surface area contributed by atoms with Crippen molar-refractivity contribution in [2.24, 2.45) is 0 Å². The Balaban J connectivity index is 2.24. The van der Waals surface area contributed by atoms with Gasteiger partial charge in [0.25, 0.3) is 10.0 Å². The van der Waals surface area contributed by atoms with E-state index in [-0.39, 0.29) is 27.4 Å². The van der Waals surface area contributed by atoms with Gasteiger partial charge in [-0.25, -0.2) is 12.4 Å². The molecule has 10 heteroatoms. The van der Waals surface area contributed by atoms with E-state index < -0.39 is 10.0 Å². The first-order chi connectivity index (χ1) is 12.3. The van der Waals surface area contributed by atoms with Crippen molar-refractivity contribution in [3.63, 3.8) is 0 Å². The summed E-state index contributed by atoms with van der Waals surface area (Å²) < 4.78 is 32.2. The standard InChI is InChI=1S/C16H15ClN2O6S/c1-25-11-2-5-15-13(6-11)10(9-20)8-18(15)26(23,24)12-3-4-14(17)16(7-12)19(21)22/h2-8,20-22H,9H2,1H3. The molecular formula is C16H15ClN2O6S. The molecule has 0 amide bonds. The van der Waals surface area contributed by atoms with Crippen LogP contribution in [0.1, 0.15) is 5.56 Å². The van der Waals surface area contributed by atoms with Crippen molar-refractivity contribution in [2.75, 3.05) is 12.3 Å². The summed E-state index contributed by atoms with van der Waals surface area (Å²) in [5.41, 5.74) is 0.465. The van der Waals surface area contributed by atoms with Crippen molar-refractivity contribution in [3.05, 3.63) is 53.2 Å². The molecule has 0 aliphatic heterocycles. The summed E-state index contributed by atoms with van der Waals surface area (Å²) >= 11 is 5.83. The molecule has 0 bridgehead atoms. The molecule has 0 radical (unpaired) electrons. The van der Waals surface area contributed by atoms with Crippen LogP contribution in [-0.4, -0.2) is 35.0 Å². The summed E-state index contributed by atoms with van der Waals surface area (Å²) in [6, 6.07) is 8.32. The van der Waals surface area contributed by atoms with E-state index in [1.807, 2.05) is 0 Å². The second kappa shape index (κ2) is 6.78. The third kappa shape index (κ3) is 3.00. The second-order valence-corrected chi connectivity index (χ2v) is 7.62. The maximum absolute atomic E-state index is 13.0. The number of fused-ring (bicyclic) bond motifs is 1. The minimum Gasteiger partial charge on any atom is -0.497 e. The third-order valence-electron chi connectivity index (χ3n) is 3.92. The number of anilines is 1. The molecule has 8 nitrogen and oxygen atoms in total. The van der Waals surface area contributed by atoms with Crippen LogP contribution in [0.5, 0.6) is 5.75 Å². The van der Waals surface area contributed by atoms with Gasteiger partial charge in [-0.1, -0.05) is 11.6 Å². The van der Waals surface area contributed by atoms with Crippen LogP contribution < -0.4 is 9.96 Å². The van der Waals surface area contributed by atoms with Gasteiger partial charge in [0.1, 0.15) is 11.4 Å². The highest BCUT2D eigenvalue weighted by molar-refractivity contribution is 7.90. The molecular weight excluding hydrogens is 384 g/mol. The Morgan fingerprint density at radius 1 is 1.19 bits per heavy atom. The number of ether oxygens (including phenoxy) is 1. The van der Waals surface area contributed by atoms with Crippen LogP contribution in [0.25, 0.3) is 10.9 Å². The number of nitrogens with zero attached hydrogens (tertiary/aromatic N) is 2. The van der Waals surface area contributed by atoms with Gasteiger partial charge in [0.2, 0.25) is 0 Å². The summed E-state index contributed by atoms with van der Waals surface area (Å²) in [5.74, 6) is 0.521.